The summed E-state index contributed by atoms with van der Waals surface area (Å²) in [7, 11) is -3.65. The number of nitrogens with zero attached hydrogens (tertiary/aromatic N) is 1. The van der Waals surface area contributed by atoms with E-state index in [1.54, 1.807) is 20.8 Å². The maximum atomic E-state index is 10.7. The largest absolute Gasteiger partial charge is 0.445 e. The van der Waals surface area contributed by atoms with Gasteiger partial charge in [0.1, 0.15) is 5.60 Å². The molecule has 0 unspecified atom stereocenters. The molecule has 6 heteroatoms. The Labute approximate surface area is 72.1 Å². The van der Waals surface area contributed by atoms with Gasteiger partial charge in [-0.05, 0) is 20.8 Å². The van der Waals surface area contributed by atoms with Crippen LogP contribution in [0.25, 0.3) is 0 Å². The van der Waals surface area contributed by atoms with E-state index in [-0.39, 0.29) is 0 Å². The molecular weight excluding hydrogens is 182 g/mol. The van der Waals surface area contributed by atoms with E-state index in [0.29, 0.717) is 0 Å². The second-order valence-electron chi connectivity index (χ2n) is 3.30. The Hall–Kier alpha value is -0.780. The summed E-state index contributed by atoms with van der Waals surface area (Å²) in [4.78, 5) is 10.7. The third kappa shape index (κ3) is 7.33. The molecule has 5 nitrogen and oxygen atoms in total. The first-order valence-electron chi connectivity index (χ1n) is 3.26. The second-order valence-corrected chi connectivity index (χ2v) is 4.95. The van der Waals surface area contributed by atoms with Gasteiger partial charge in [0.2, 0.25) is 0 Å². The Morgan fingerprint density at radius 2 is 1.75 bits per heavy atom. The van der Waals surface area contributed by atoms with Crippen molar-refractivity contribution < 1.29 is 17.9 Å². The minimum atomic E-state index is -3.65. The van der Waals surface area contributed by atoms with E-state index >= 15 is 0 Å². The number of carbonyl (C=O) groups excluding carboxylic acids is 1. The minimum absolute atomic E-state index is 0.717. The molecule has 0 rings (SSSR count). The smallest absolute Gasteiger partial charge is 0.442 e. The topological polar surface area (TPSA) is 74.5 Å². The van der Waals surface area contributed by atoms with Gasteiger partial charge in [-0.2, -0.15) is 0 Å². The lowest BCUT2D eigenvalue weighted by molar-refractivity contribution is 0.0565. The molecule has 0 bridgehead atoms. The van der Waals surface area contributed by atoms with Crippen molar-refractivity contribution in [3.63, 3.8) is 0 Å². The maximum absolute atomic E-state index is 10.7. The molecule has 0 fully saturated rings. The summed E-state index contributed by atoms with van der Waals surface area (Å²) < 4.78 is 28.4. The van der Waals surface area contributed by atoms with Gasteiger partial charge in [-0.25, -0.2) is 13.2 Å². The Balaban J connectivity index is 4.10. The van der Waals surface area contributed by atoms with Crippen LogP contribution in [0.15, 0.2) is 0 Å². The first kappa shape index (κ1) is 11.2. The molecular formula is C6H12NO4S. The van der Waals surface area contributed by atoms with Crippen LogP contribution >= 0.6 is 0 Å². The molecule has 0 saturated heterocycles. The van der Waals surface area contributed by atoms with Crippen LogP contribution in [0.4, 0.5) is 4.79 Å². The molecule has 0 aliphatic heterocycles. The van der Waals surface area contributed by atoms with Gasteiger partial charge in [-0.3, -0.25) is 0 Å². The van der Waals surface area contributed by atoms with Crippen molar-refractivity contribution in [1.29, 1.82) is 0 Å². The monoisotopic (exact) mass is 194 g/mol. The molecule has 71 valence electrons. The van der Waals surface area contributed by atoms with E-state index < -0.39 is 21.7 Å². The second kappa shape index (κ2) is 3.30. The zero-order chi connectivity index (χ0) is 9.99. The standard InChI is InChI=1S/C6H12NO4S/c1-6(2,3)11-5(8)7-12(4,9)10/h1-4H3. The molecule has 0 aromatic heterocycles. The molecule has 1 amide bonds. The van der Waals surface area contributed by atoms with Crippen LogP contribution in [0.2, 0.25) is 0 Å². The van der Waals surface area contributed by atoms with Crippen LogP contribution in [-0.2, 0) is 14.8 Å². The van der Waals surface area contributed by atoms with Crippen LogP contribution in [-0.4, -0.2) is 26.4 Å². The zero-order valence-corrected chi connectivity index (χ0v) is 8.30. The molecule has 0 aliphatic rings. The molecule has 0 aliphatic carbocycles. The highest BCUT2D eigenvalue weighted by molar-refractivity contribution is 7.89. The number of carbonyl (C=O) groups is 1. The molecule has 12 heavy (non-hydrogen) atoms. The highest BCUT2D eigenvalue weighted by Gasteiger charge is 2.20. The average molecular weight is 194 g/mol. The summed E-state index contributed by atoms with van der Waals surface area (Å²) in [6.45, 7) is 4.88. The molecule has 0 N–H and O–H groups in total. The maximum Gasteiger partial charge on any atom is 0.445 e. The van der Waals surface area contributed by atoms with Crippen molar-refractivity contribution in [1.82, 2.24) is 4.72 Å². The van der Waals surface area contributed by atoms with Gasteiger partial charge in [0, 0.05) is 0 Å². The zero-order valence-electron chi connectivity index (χ0n) is 7.49. The summed E-state index contributed by atoms with van der Waals surface area (Å²) in [5, 5.41) is 0. The van der Waals surface area contributed by atoms with Gasteiger partial charge < -0.3 is 4.74 Å². The third-order valence-electron chi connectivity index (χ3n) is 0.634. The quantitative estimate of drug-likeness (QED) is 0.608. The van der Waals surface area contributed by atoms with Gasteiger partial charge in [0.25, 0.3) is 10.0 Å². The van der Waals surface area contributed by atoms with Crippen molar-refractivity contribution in [2.45, 2.75) is 26.4 Å². The third-order valence-corrected chi connectivity index (χ3v) is 1.11. The summed E-state index contributed by atoms with van der Waals surface area (Å²) in [5.41, 5.74) is -0.717. The van der Waals surface area contributed by atoms with Crippen LogP contribution in [0.5, 0.6) is 0 Å². The Bertz CT molecular complexity index is 262. The van der Waals surface area contributed by atoms with E-state index in [1.165, 1.54) is 0 Å². The van der Waals surface area contributed by atoms with Crippen LogP contribution in [0, 0.1) is 0 Å². The fourth-order valence-electron chi connectivity index (χ4n) is 0.416. The van der Waals surface area contributed by atoms with Crippen molar-refractivity contribution >= 4 is 16.1 Å². The highest BCUT2D eigenvalue weighted by Crippen LogP contribution is 2.06. The molecule has 0 heterocycles. The first-order chi connectivity index (χ1) is 5.10. The first-order valence-corrected chi connectivity index (χ1v) is 5.11. The van der Waals surface area contributed by atoms with Crippen molar-refractivity contribution in [3.05, 3.63) is 0 Å². The number of hydrogen-bond acceptors (Lipinski definition) is 4. The summed E-state index contributed by atoms with van der Waals surface area (Å²) >= 11 is 0. The van der Waals surface area contributed by atoms with Crippen molar-refractivity contribution in [2.75, 3.05) is 6.26 Å². The summed E-state index contributed by atoms with van der Waals surface area (Å²) in [6, 6.07) is 0. The van der Waals surface area contributed by atoms with Crippen molar-refractivity contribution in [3.8, 4) is 0 Å². The van der Waals surface area contributed by atoms with E-state index in [2.05, 4.69) is 9.46 Å². The SMILES string of the molecule is CC(C)(C)OC(=O)[N]S(C)(=O)=O. The van der Waals surface area contributed by atoms with E-state index in [0.717, 1.165) is 6.26 Å². The normalized spacial score (nSPS) is 12.3. The van der Waals surface area contributed by atoms with Gasteiger partial charge in [0.05, 0.1) is 6.26 Å². The van der Waals surface area contributed by atoms with Gasteiger partial charge >= 0.3 is 6.09 Å². The minimum Gasteiger partial charge on any atom is -0.442 e. The molecule has 0 atom stereocenters. The van der Waals surface area contributed by atoms with Crippen LogP contribution < -0.4 is 4.72 Å². The fraction of sp³-hybridized carbons (Fsp3) is 0.833. The van der Waals surface area contributed by atoms with E-state index in [1.807, 2.05) is 0 Å². The molecule has 0 saturated carbocycles. The van der Waals surface area contributed by atoms with E-state index in [4.69, 9.17) is 0 Å². The predicted octanol–water partition coefficient (Wildman–Crippen LogP) is 0.486. The number of hydrogen-bond donors (Lipinski definition) is 0. The van der Waals surface area contributed by atoms with Gasteiger partial charge in [-0.15, -0.1) is 0 Å². The Morgan fingerprint density at radius 1 is 1.33 bits per heavy atom. The summed E-state index contributed by atoms with van der Waals surface area (Å²) in [6.07, 6.45) is -0.248. The number of ether oxygens (including phenoxy) is 1. The van der Waals surface area contributed by atoms with E-state index in [9.17, 15) is 13.2 Å². The average Bonchev–Trinajstić information content (AvgIpc) is 1.49. The lowest BCUT2D eigenvalue weighted by Crippen LogP contribution is -2.30. The van der Waals surface area contributed by atoms with Gasteiger partial charge in [0.15, 0.2) is 0 Å². The molecule has 0 aromatic rings. The lowest BCUT2D eigenvalue weighted by atomic mass is 10.2. The molecule has 0 spiro atoms. The van der Waals surface area contributed by atoms with Crippen LogP contribution in [0.1, 0.15) is 20.8 Å². The van der Waals surface area contributed by atoms with Crippen molar-refractivity contribution in [2.24, 2.45) is 0 Å². The molecule has 1 radical (unpaired) electrons. The number of sulfonamides is 1. The summed E-state index contributed by atoms with van der Waals surface area (Å²) in [5.74, 6) is 0. The predicted molar refractivity (Wildman–Crippen MR) is 43.2 cm³/mol. The number of rotatable bonds is 1. The Kier molecular flexibility index (Phi) is 3.09. The lowest BCUT2D eigenvalue weighted by Gasteiger charge is -2.17. The Morgan fingerprint density at radius 3 is 2.00 bits per heavy atom. The van der Waals surface area contributed by atoms with Gasteiger partial charge in [-0.1, -0.05) is 4.72 Å². The molecule has 0 aromatic carbocycles. The fourth-order valence-corrected chi connectivity index (χ4v) is 0.724. The highest BCUT2D eigenvalue weighted by atomic mass is 32.2. The number of amides is 1. The van der Waals surface area contributed by atoms with Crippen LogP contribution in [0.3, 0.4) is 0 Å².